The van der Waals surface area contributed by atoms with Crippen molar-refractivity contribution in [1.82, 2.24) is 25.0 Å². The Morgan fingerprint density at radius 3 is 2.26 bits per heavy atom. The van der Waals surface area contributed by atoms with Crippen molar-refractivity contribution in [3.8, 4) is 22.9 Å². The van der Waals surface area contributed by atoms with Crippen LogP contribution in [0.15, 0.2) is 48.5 Å². The summed E-state index contributed by atoms with van der Waals surface area (Å²) < 4.78 is 12.7. The average molecular weight is 482 g/mol. The summed E-state index contributed by atoms with van der Waals surface area (Å²) in [5.41, 5.74) is 2.02. The molecular formula is C25H31N5O3S. The zero-order valence-corrected chi connectivity index (χ0v) is 20.4. The van der Waals surface area contributed by atoms with E-state index in [1.54, 1.807) is 18.8 Å². The molecule has 1 aromatic heterocycles. The first-order valence-corrected chi connectivity index (χ1v) is 11.9. The van der Waals surface area contributed by atoms with Crippen molar-refractivity contribution in [1.29, 1.82) is 0 Å². The van der Waals surface area contributed by atoms with Gasteiger partial charge in [0.1, 0.15) is 18.0 Å². The second-order valence-electron chi connectivity index (χ2n) is 8.36. The molecule has 180 valence electrons. The predicted octanol–water partition coefficient (Wildman–Crippen LogP) is 3.97. The van der Waals surface area contributed by atoms with E-state index in [9.17, 15) is 4.79 Å². The van der Waals surface area contributed by atoms with E-state index in [0.29, 0.717) is 17.1 Å². The van der Waals surface area contributed by atoms with Crippen molar-refractivity contribution >= 4 is 18.1 Å². The predicted molar refractivity (Wildman–Crippen MR) is 134 cm³/mol. The number of amides is 1. The third kappa shape index (κ3) is 5.66. The van der Waals surface area contributed by atoms with Crippen LogP contribution in [0.4, 0.5) is 0 Å². The van der Waals surface area contributed by atoms with Gasteiger partial charge in [0.25, 0.3) is 0 Å². The molecule has 0 aliphatic carbocycles. The van der Waals surface area contributed by atoms with E-state index in [2.05, 4.69) is 32.5 Å². The van der Waals surface area contributed by atoms with Crippen LogP contribution in [-0.4, -0.2) is 59.4 Å². The van der Waals surface area contributed by atoms with Gasteiger partial charge in [-0.25, -0.2) is 0 Å². The summed E-state index contributed by atoms with van der Waals surface area (Å²) >= 11 is 5.40. The number of nitrogens with one attached hydrogen (secondary N) is 2. The fourth-order valence-electron chi connectivity index (χ4n) is 4.35. The van der Waals surface area contributed by atoms with Gasteiger partial charge in [0.2, 0.25) is 5.91 Å². The molecule has 0 radical (unpaired) electrons. The Hall–Kier alpha value is -3.17. The third-order valence-corrected chi connectivity index (χ3v) is 6.54. The van der Waals surface area contributed by atoms with Gasteiger partial charge in [-0.05, 0) is 80.1 Å². The number of carbonyl (C=O) groups excluding carboxylic acids is 1. The van der Waals surface area contributed by atoms with Gasteiger partial charge in [0.05, 0.1) is 20.3 Å². The van der Waals surface area contributed by atoms with E-state index in [1.165, 1.54) is 24.8 Å². The molecule has 4 rings (SSSR count). The van der Waals surface area contributed by atoms with Gasteiger partial charge in [-0.3, -0.25) is 19.4 Å². The smallest absolute Gasteiger partial charge is 0.240 e. The number of hydrogen-bond acceptors (Lipinski definition) is 6. The van der Waals surface area contributed by atoms with Gasteiger partial charge in [0, 0.05) is 12.1 Å². The average Bonchev–Trinajstić information content (AvgIpc) is 3.25. The number of aromatic nitrogens is 3. The molecule has 0 saturated carbocycles. The number of nitrogens with zero attached hydrogens (tertiary/aromatic N) is 3. The van der Waals surface area contributed by atoms with Crippen molar-refractivity contribution < 1.29 is 14.3 Å². The molecule has 1 atom stereocenters. The summed E-state index contributed by atoms with van der Waals surface area (Å²) in [7, 11) is 3.29. The maximum Gasteiger partial charge on any atom is 0.240 e. The van der Waals surface area contributed by atoms with Crippen LogP contribution >= 0.6 is 12.2 Å². The molecule has 34 heavy (non-hydrogen) atoms. The highest BCUT2D eigenvalue weighted by Gasteiger charge is 2.23. The monoisotopic (exact) mass is 481 g/mol. The number of rotatable bonds is 9. The van der Waals surface area contributed by atoms with Gasteiger partial charge in [0.15, 0.2) is 10.6 Å². The van der Waals surface area contributed by atoms with E-state index >= 15 is 0 Å². The van der Waals surface area contributed by atoms with Crippen LogP contribution in [0.1, 0.15) is 30.9 Å². The fraction of sp³-hybridized carbons (Fsp3) is 0.400. The van der Waals surface area contributed by atoms with Crippen LogP contribution in [0.2, 0.25) is 0 Å². The SMILES string of the molecule is COc1ccc(-c2n[nH]c(=S)n2CC(=O)NCC(c2ccc(OC)cc2)N2CCCCC2)cc1. The number of methoxy groups -OCH3 is 2. The fourth-order valence-corrected chi connectivity index (χ4v) is 4.55. The number of likely N-dealkylation sites (tertiary alicyclic amines) is 1. The Bertz CT molecular complexity index is 1130. The molecule has 1 unspecified atom stereocenters. The Kier molecular flexibility index (Phi) is 7.97. The molecule has 0 spiro atoms. The topological polar surface area (TPSA) is 84.4 Å². The van der Waals surface area contributed by atoms with Crippen molar-refractivity contribution in [2.24, 2.45) is 0 Å². The Labute approximate surface area is 204 Å². The van der Waals surface area contributed by atoms with Crippen LogP contribution in [-0.2, 0) is 11.3 Å². The van der Waals surface area contributed by atoms with Gasteiger partial charge >= 0.3 is 0 Å². The van der Waals surface area contributed by atoms with Gasteiger partial charge in [-0.15, -0.1) is 0 Å². The molecule has 1 saturated heterocycles. The maximum atomic E-state index is 13.0. The van der Waals surface area contributed by atoms with Crippen molar-refractivity contribution in [3.63, 3.8) is 0 Å². The van der Waals surface area contributed by atoms with Crippen LogP contribution < -0.4 is 14.8 Å². The molecule has 1 aliphatic rings. The minimum Gasteiger partial charge on any atom is -0.497 e. The lowest BCUT2D eigenvalue weighted by Crippen LogP contribution is -2.41. The molecule has 0 bridgehead atoms. The normalized spacial score (nSPS) is 15.0. The zero-order valence-electron chi connectivity index (χ0n) is 19.6. The van der Waals surface area contributed by atoms with E-state index in [4.69, 9.17) is 21.7 Å². The molecule has 8 nitrogen and oxygen atoms in total. The van der Waals surface area contributed by atoms with E-state index in [-0.39, 0.29) is 18.5 Å². The summed E-state index contributed by atoms with van der Waals surface area (Å²) in [6.07, 6.45) is 3.61. The Morgan fingerprint density at radius 2 is 1.65 bits per heavy atom. The number of piperidine rings is 1. The standard InChI is InChI=1S/C25H31N5O3S/c1-32-20-10-6-18(7-11-20)22(29-14-4-3-5-15-29)16-26-23(31)17-30-24(27-28-25(30)34)19-8-12-21(33-2)13-9-19/h6-13,22H,3-5,14-17H2,1-2H3,(H,26,31)(H,28,34). The van der Waals surface area contributed by atoms with Crippen LogP contribution in [0.5, 0.6) is 11.5 Å². The number of H-pyrrole nitrogens is 1. The maximum absolute atomic E-state index is 13.0. The van der Waals surface area contributed by atoms with Crippen LogP contribution in [0, 0.1) is 4.77 Å². The number of hydrogen-bond donors (Lipinski definition) is 2. The Balaban J connectivity index is 1.47. The summed E-state index contributed by atoms with van der Waals surface area (Å²) in [6, 6.07) is 15.7. The molecular weight excluding hydrogens is 450 g/mol. The molecule has 2 N–H and O–H groups in total. The van der Waals surface area contributed by atoms with E-state index < -0.39 is 0 Å². The Morgan fingerprint density at radius 1 is 1.03 bits per heavy atom. The second kappa shape index (κ2) is 11.3. The van der Waals surface area contributed by atoms with Gasteiger partial charge < -0.3 is 14.8 Å². The number of carbonyl (C=O) groups is 1. The molecule has 2 aromatic carbocycles. The van der Waals surface area contributed by atoms with Crippen LogP contribution in [0.25, 0.3) is 11.4 Å². The zero-order chi connectivity index (χ0) is 23.9. The summed E-state index contributed by atoms with van der Waals surface area (Å²) in [4.78, 5) is 15.4. The van der Waals surface area contributed by atoms with E-state index in [1.807, 2.05) is 36.4 Å². The summed E-state index contributed by atoms with van der Waals surface area (Å²) in [5, 5.41) is 10.3. The molecule has 1 aliphatic heterocycles. The minimum atomic E-state index is -0.109. The van der Waals surface area contributed by atoms with Gasteiger partial charge in [-0.2, -0.15) is 5.10 Å². The second-order valence-corrected chi connectivity index (χ2v) is 8.74. The van der Waals surface area contributed by atoms with Crippen molar-refractivity contribution in [2.75, 3.05) is 33.9 Å². The number of benzene rings is 2. The molecule has 1 amide bonds. The summed E-state index contributed by atoms with van der Waals surface area (Å²) in [6.45, 7) is 2.67. The van der Waals surface area contributed by atoms with Gasteiger partial charge in [-0.1, -0.05) is 18.6 Å². The van der Waals surface area contributed by atoms with E-state index in [0.717, 1.165) is 30.2 Å². The quantitative estimate of drug-likeness (QED) is 0.450. The van der Waals surface area contributed by atoms with Crippen molar-refractivity contribution in [3.05, 3.63) is 58.9 Å². The first-order valence-electron chi connectivity index (χ1n) is 11.5. The number of aromatic amines is 1. The highest BCUT2D eigenvalue weighted by molar-refractivity contribution is 7.71. The largest absolute Gasteiger partial charge is 0.497 e. The molecule has 2 heterocycles. The van der Waals surface area contributed by atoms with Crippen molar-refractivity contribution in [2.45, 2.75) is 31.8 Å². The molecule has 1 fully saturated rings. The lowest BCUT2D eigenvalue weighted by molar-refractivity contribution is -0.122. The molecule has 3 aromatic rings. The molecule has 9 heteroatoms. The highest BCUT2D eigenvalue weighted by atomic mass is 32.1. The first kappa shape index (κ1) is 24.0. The number of ether oxygens (including phenoxy) is 2. The lowest BCUT2D eigenvalue weighted by Gasteiger charge is -2.35. The lowest BCUT2D eigenvalue weighted by atomic mass is 10.0. The summed E-state index contributed by atoms with van der Waals surface area (Å²) in [5.74, 6) is 2.09. The minimum absolute atomic E-state index is 0.0893. The highest BCUT2D eigenvalue weighted by Crippen LogP contribution is 2.26. The van der Waals surface area contributed by atoms with Crippen LogP contribution in [0.3, 0.4) is 0 Å². The third-order valence-electron chi connectivity index (χ3n) is 6.23. The first-order chi connectivity index (χ1) is 16.6.